The molecule has 0 bridgehead atoms. The summed E-state index contributed by atoms with van der Waals surface area (Å²) in [5, 5.41) is 13.2. The Morgan fingerprint density at radius 1 is 1.26 bits per heavy atom. The van der Waals surface area contributed by atoms with Crippen molar-refractivity contribution in [1.29, 1.82) is 0 Å². The zero-order chi connectivity index (χ0) is 17.0. The summed E-state index contributed by atoms with van der Waals surface area (Å²) in [6.45, 7) is 9.95. The highest BCUT2D eigenvalue weighted by molar-refractivity contribution is 5.68. The van der Waals surface area contributed by atoms with Crippen LogP contribution in [0.25, 0.3) is 0 Å². The lowest BCUT2D eigenvalue weighted by atomic mass is 9.87. The molecule has 1 amide bonds. The van der Waals surface area contributed by atoms with Crippen LogP contribution in [0, 0.1) is 5.92 Å². The summed E-state index contributed by atoms with van der Waals surface area (Å²) in [5.74, 6) is 0.808. The van der Waals surface area contributed by atoms with Gasteiger partial charge in [-0.15, -0.1) is 0 Å². The predicted molar refractivity (Wildman–Crippen MR) is 91.4 cm³/mol. The molecule has 134 valence electrons. The van der Waals surface area contributed by atoms with Crippen molar-refractivity contribution in [2.24, 2.45) is 5.92 Å². The first-order chi connectivity index (χ1) is 10.8. The molecule has 2 fully saturated rings. The number of aliphatic hydroxyl groups excluding tert-OH is 1. The second-order valence-electron chi connectivity index (χ2n) is 8.23. The van der Waals surface area contributed by atoms with Crippen molar-refractivity contribution < 1.29 is 14.6 Å². The highest BCUT2D eigenvalue weighted by Crippen LogP contribution is 2.33. The first-order valence-corrected chi connectivity index (χ1v) is 9.20. The molecular formula is C18H34N2O3. The number of hydrogen-bond acceptors (Lipinski definition) is 4. The average molecular weight is 326 g/mol. The van der Waals surface area contributed by atoms with Crippen molar-refractivity contribution in [3.63, 3.8) is 0 Å². The van der Waals surface area contributed by atoms with Crippen LogP contribution in [0.1, 0.15) is 66.2 Å². The molecule has 2 N–H and O–H groups in total. The SMILES string of the molecule is CCCN(CC1CC1)C1CC(O)CCC1NC(=O)OC(C)(C)C. The van der Waals surface area contributed by atoms with E-state index >= 15 is 0 Å². The van der Waals surface area contributed by atoms with Gasteiger partial charge in [-0.25, -0.2) is 4.79 Å². The number of amides is 1. The fourth-order valence-corrected chi connectivity index (χ4v) is 3.47. The molecule has 0 saturated heterocycles. The molecule has 0 aliphatic heterocycles. The van der Waals surface area contributed by atoms with Crippen molar-refractivity contribution in [2.45, 2.75) is 90.0 Å². The van der Waals surface area contributed by atoms with Gasteiger partial charge in [-0.1, -0.05) is 6.92 Å². The number of alkyl carbamates (subject to hydrolysis) is 1. The standard InChI is InChI=1S/C18H34N2O3/c1-5-10-20(12-13-6-7-13)16-11-14(21)8-9-15(16)19-17(22)23-18(2,3)4/h13-16,21H,5-12H2,1-4H3,(H,19,22). The van der Waals surface area contributed by atoms with Crippen LogP contribution in [0.4, 0.5) is 4.79 Å². The number of carbonyl (C=O) groups excluding carboxylic acids is 1. The first kappa shape index (κ1) is 18.5. The van der Waals surface area contributed by atoms with Gasteiger partial charge in [-0.05, 0) is 71.8 Å². The van der Waals surface area contributed by atoms with E-state index in [4.69, 9.17) is 4.74 Å². The maximum Gasteiger partial charge on any atom is 0.407 e. The zero-order valence-corrected chi connectivity index (χ0v) is 15.2. The van der Waals surface area contributed by atoms with E-state index < -0.39 is 5.60 Å². The van der Waals surface area contributed by atoms with Crippen LogP contribution in [0.2, 0.25) is 0 Å². The Balaban J connectivity index is 1.99. The Hall–Kier alpha value is -0.810. The molecule has 5 nitrogen and oxygen atoms in total. The van der Waals surface area contributed by atoms with Gasteiger partial charge in [0.25, 0.3) is 0 Å². The van der Waals surface area contributed by atoms with Gasteiger partial charge in [-0.2, -0.15) is 0 Å². The van der Waals surface area contributed by atoms with Crippen LogP contribution >= 0.6 is 0 Å². The molecule has 5 heteroatoms. The van der Waals surface area contributed by atoms with E-state index in [1.54, 1.807) is 0 Å². The maximum atomic E-state index is 12.2. The van der Waals surface area contributed by atoms with E-state index in [0.29, 0.717) is 0 Å². The van der Waals surface area contributed by atoms with E-state index in [-0.39, 0.29) is 24.3 Å². The lowest BCUT2D eigenvalue weighted by Crippen LogP contribution is -2.56. The molecule has 0 aromatic heterocycles. The predicted octanol–water partition coefficient (Wildman–Crippen LogP) is 2.92. The molecule has 2 saturated carbocycles. The van der Waals surface area contributed by atoms with Crippen LogP contribution in [-0.2, 0) is 4.74 Å². The lowest BCUT2D eigenvalue weighted by Gasteiger charge is -2.42. The second-order valence-corrected chi connectivity index (χ2v) is 8.23. The van der Waals surface area contributed by atoms with Gasteiger partial charge in [0.05, 0.1) is 6.10 Å². The number of nitrogens with zero attached hydrogens (tertiary/aromatic N) is 1. The van der Waals surface area contributed by atoms with Crippen molar-refractivity contribution in [3.05, 3.63) is 0 Å². The summed E-state index contributed by atoms with van der Waals surface area (Å²) in [6, 6.07) is 0.283. The van der Waals surface area contributed by atoms with Crippen molar-refractivity contribution >= 4 is 6.09 Å². The molecule has 2 aliphatic rings. The second kappa shape index (κ2) is 7.84. The smallest absolute Gasteiger partial charge is 0.407 e. The summed E-state index contributed by atoms with van der Waals surface area (Å²) >= 11 is 0. The number of carbonyl (C=O) groups is 1. The van der Waals surface area contributed by atoms with E-state index in [1.165, 1.54) is 12.8 Å². The summed E-state index contributed by atoms with van der Waals surface area (Å²) in [5.41, 5.74) is -0.481. The van der Waals surface area contributed by atoms with Crippen molar-refractivity contribution in [2.75, 3.05) is 13.1 Å². The molecular weight excluding hydrogens is 292 g/mol. The van der Waals surface area contributed by atoms with Crippen LogP contribution in [0.5, 0.6) is 0 Å². The molecule has 3 unspecified atom stereocenters. The summed E-state index contributed by atoms with van der Waals surface area (Å²) < 4.78 is 5.42. The fourth-order valence-electron chi connectivity index (χ4n) is 3.47. The van der Waals surface area contributed by atoms with Gasteiger partial charge in [-0.3, -0.25) is 4.90 Å². The largest absolute Gasteiger partial charge is 0.444 e. The Bertz CT molecular complexity index is 390. The van der Waals surface area contributed by atoms with Gasteiger partial charge >= 0.3 is 6.09 Å². The first-order valence-electron chi connectivity index (χ1n) is 9.20. The number of nitrogens with one attached hydrogen (secondary N) is 1. The van der Waals surface area contributed by atoms with Gasteiger partial charge in [0, 0.05) is 18.6 Å². The van der Waals surface area contributed by atoms with Crippen LogP contribution in [0.3, 0.4) is 0 Å². The molecule has 0 heterocycles. The topological polar surface area (TPSA) is 61.8 Å². The molecule has 0 spiro atoms. The fraction of sp³-hybridized carbons (Fsp3) is 0.944. The van der Waals surface area contributed by atoms with Crippen molar-refractivity contribution in [1.82, 2.24) is 10.2 Å². The van der Waals surface area contributed by atoms with Crippen LogP contribution in [0.15, 0.2) is 0 Å². The Kier molecular flexibility index (Phi) is 6.32. The van der Waals surface area contributed by atoms with E-state index in [1.807, 2.05) is 20.8 Å². The molecule has 0 radical (unpaired) electrons. The number of aliphatic hydroxyl groups is 1. The van der Waals surface area contributed by atoms with E-state index in [0.717, 1.165) is 44.7 Å². The number of rotatable bonds is 6. The monoisotopic (exact) mass is 326 g/mol. The van der Waals surface area contributed by atoms with Gasteiger partial charge in [0.2, 0.25) is 0 Å². The lowest BCUT2D eigenvalue weighted by molar-refractivity contribution is 0.0218. The minimum Gasteiger partial charge on any atom is -0.444 e. The van der Waals surface area contributed by atoms with Gasteiger partial charge < -0.3 is 15.2 Å². The minimum absolute atomic E-state index is 0.0681. The Labute approximate surface area is 140 Å². The molecule has 2 rings (SSSR count). The number of hydrogen-bond donors (Lipinski definition) is 2. The van der Waals surface area contributed by atoms with Crippen LogP contribution in [-0.4, -0.2) is 53.0 Å². The highest BCUT2D eigenvalue weighted by atomic mass is 16.6. The zero-order valence-electron chi connectivity index (χ0n) is 15.2. The number of ether oxygens (including phenoxy) is 1. The van der Waals surface area contributed by atoms with Gasteiger partial charge in [0.1, 0.15) is 5.60 Å². The third kappa shape index (κ3) is 6.30. The Morgan fingerprint density at radius 3 is 2.52 bits per heavy atom. The molecule has 3 atom stereocenters. The summed E-state index contributed by atoms with van der Waals surface area (Å²) in [4.78, 5) is 14.6. The third-order valence-electron chi connectivity index (χ3n) is 4.66. The van der Waals surface area contributed by atoms with Gasteiger partial charge in [0.15, 0.2) is 0 Å². The molecule has 0 aromatic carbocycles. The third-order valence-corrected chi connectivity index (χ3v) is 4.66. The minimum atomic E-state index is -0.481. The normalized spacial score (nSPS) is 28.7. The summed E-state index contributed by atoms with van der Waals surface area (Å²) in [7, 11) is 0. The Morgan fingerprint density at radius 2 is 1.96 bits per heavy atom. The highest BCUT2D eigenvalue weighted by Gasteiger charge is 2.37. The molecule has 0 aromatic rings. The molecule has 2 aliphatic carbocycles. The maximum absolute atomic E-state index is 12.2. The van der Waals surface area contributed by atoms with Crippen LogP contribution < -0.4 is 5.32 Å². The quantitative estimate of drug-likeness (QED) is 0.788. The van der Waals surface area contributed by atoms with E-state index in [9.17, 15) is 9.90 Å². The van der Waals surface area contributed by atoms with Crippen molar-refractivity contribution in [3.8, 4) is 0 Å². The molecule has 23 heavy (non-hydrogen) atoms. The van der Waals surface area contributed by atoms with E-state index in [2.05, 4.69) is 17.1 Å². The average Bonchev–Trinajstić information content (AvgIpc) is 3.22. The summed E-state index contributed by atoms with van der Waals surface area (Å²) in [6.07, 6.45) is 5.45.